The minimum atomic E-state index is 0.00394. The zero-order chi connectivity index (χ0) is 13.5. The first-order chi connectivity index (χ1) is 9.29. The van der Waals surface area contributed by atoms with Gasteiger partial charge in [-0.3, -0.25) is 9.69 Å². The molecule has 0 aliphatic carbocycles. The lowest BCUT2D eigenvalue weighted by atomic mass is 9.97. The summed E-state index contributed by atoms with van der Waals surface area (Å²) in [5.41, 5.74) is 0. The Morgan fingerprint density at radius 3 is 2.26 bits per heavy atom. The Morgan fingerprint density at radius 1 is 1.11 bits per heavy atom. The number of likely N-dealkylation sites (tertiary alicyclic amines) is 1. The summed E-state index contributed by atoms with van der Waals surface area (Å²) in [6, 6.07) is 0. The Morgan fingerprint density at radius 2 is 1.68 bits per heavy atom. The normalized spacial score (nSPS) is 23.4. The molecule has 2 heterocycles. The Bertz CT molecular complexity index is 272. The van der Waals surface area contributed by atoms with Crippen LogP contribution in [0.5, 0.6) is 0 Å². The van der Waals surface area contributed by atoms with Gasteiger partial charge in [-0.25, -0.2) is 0 Å². The summed E-state index contributed by atoms with van der Waals surface area (Å²) in [5, 5.41) is 3.38. The van der Waals surface area contributed by atoms with Gasteiger partial charge >= 0.3 is 5.97 Å². The molecule has 0 unspecified atom stereocenters. The van der Waals surface area contributed by atoms with Crippen LogP contribution in [0.1, 0.15) is 19.8 Å². The fraction of sp³-hybridized carbons (Fsp3) is 0.929. The molecule has 5 nitrogen and oxygen atoms in total. The molecule has 0 radical (unpaired) electrons. The van der Waals surface area contributed by atoms with E-state index in [4.69, 9.17) is 4.74 Å². The molecule has 110 valence electrons. The van der Waals surface area contributed by atoms with Crippen LogP contribution in [-0.4, -0.2) is 74.7 Å². The van der Waals surface area contributed by atoms with Gasteiger partial charge in [-0.2, -0.15) is 0 Å². The van der Waals surface area contributed by atoms with Gasteiger partial charge in [0.05, 0.1) is 12.5 Å². The van der Waals surface area contributed by atoms with Crippen LogP contribution in [0.4, 0.5) is 0 Å². The van der Waals surface area contributed by atoms with Crippen molar-refractivity contribution in [2.45, 2.75) is 19.8 Å². The van der Waals surface area contributed by atoms with E-state index in [0.717, 1.165) is 52.1 Å². The molecule has 5 heteroatoms. The third-order valence-corrected chi connectivity index (χ3v) is 4.15. The van der Waals surface area contributed by atoms with Crippen molar-refractivity contribution >= 4 is 5.97 Å². The smallest absolute Gasteiger partial charge is 0.309 e. The van der Waals surface area contributed by atoms with E-state index in [0.29, 0.717) is 6.61 Å². The molecule has 0 bridgehead atoms. The van der Waals surface area contributed by atoms with E-state index in [-0.39, 0.29) is 11.9 Å². The van der Waals surface area contributed by atoms with Crippen molar-refractivity contribution in [2.24, 2.45) is 5.92 Å². The number of hydrogen-bond acceptors (Lipinski definition) is 5. The van der Waals surface area contributed by atoms with Crippen LogP contribution in [0.3, 0.4) is 0 Å². The molecule has 19 heavy (non-hydrogen) atoms. The van der Waals surface area contributed by atoms with Crippen LogP contribution < -0.4 is 5.32 Å². The van der Waals surface area contributed by atoms with Crippen LogP contribution >= 0.6 is 0 Å². The first-order valence-corrected chi connectivity index (χ1v) is 7.61. The second kappa shape index (κ2) is 7.82. The van der Waals surface area contributed by atoms with Gasteiger partial charge < -0.3 is 15.0 Å². The molecule has 2 saturated heterocycles. The minimum Gasteiger partial charge on any atom is -0.466 e. The van der Waals surface area contributed by atoms with E-state index in [9.17, 15) is 4.79 Å². The first kappa shape index (κ1) is 14.8. The number of nitrogens with one attached hydrogen (secondary N) is 1. The van der Waals surface area contributed by atoms with Gasteiger partial charge in [0.15, 0.2) is 0 Å². The number of carbonyl (C=O) groups excluding carboxylic acids is 1. The third-order valence-electron chi connectivity index (χ3n) is 4.15. The summed E-state index contributed by atoms with van der Waals surface area (Å²) in [6.07, 6.45) is 1.92. The van der Waals surface area contributed by atoms with Crippen molar-refractivity contribution in [3.8, 4) is 0 Å². The topological polar surface area (TPSA) is 44.8 Å². The molecule has 1 N–H and O–H groups in total. The number of hydrogen-bond donors (Lipinski definition) is 1. The molecule has 0 aromatic heterocycles. The predicted molar refractivity (Wildman–Crippen MR) is 75.1 cm³/mol. The predicted octanol–water partition coefficient (Wildman–Crippen LogP) is 0.167. The Kier molecular flexibility index (Phi) is 6.07. The molecule has 2 rings (SSSR count). The maximum atomic E-state index is 11.7. The lowest BCUT2D eigenvalue weighted by Crippen LogP contribution is -2.47. The number of piperazine rings is 1. The number of nitrogens with zero attached hydrogens (tertiary/aromatic N) is 2. The molecule has 0 saturated carbocycles. The van der Waals surface area contributed by atoms with Gasteiger partial charge in [0.1, 0.15) is 0 Å². The van der Waals surface area contributed by atoms with E-state index >= 15 is 0 Å². The molecular weight excluding hydrogens is 242 g/mol. The highest BCUT2D eigenvalue weighted by Gasteiger charge is 2.25. The highest BCUT2D eigenvalue weighted by molar-refractivity contribution is 5.72. The average molecular weight is 269 g/mol. The lowest BCUT2D eigenvalue weighted by Gasteiger charge is -2.33. The van der Waals surface area contributed by atoms with Gasteiger partial charge in [-0.1, -0.05) is 0 Å². The van der Waals surface area contributed by atoms with Gasteiger partial charge in [0.2, 0.25) is 0 Å². The van der Waals surface area contributed by atoms with E-state index in [1.807, 2.05) is 6.92 Å². The summed E-state index contributed by atoms with van der Waals surface area (Å²) in [7, 11) is 0. The zero-order valence-electron chi connectivity index (χ0n) is 12.1. The molecule has 2 aliphatic rings. The molecular formula is C14H27N3O2. The van der Waals surface area contributed by atoms with Crippen LogP contribution in [0.15, 0.2) is 0 Å². The van der Waals surface area contributed by atoms with Gasteiger partial charge in [-0.05, 0) is 32.9 Å². The lowest BCUT2D eigenvalue weighted by molar-refractivity contribution is -0.149. The third kappa shape index (κ3) is 4.75. The Balaban J connectivity index is 1.61. The van der Waals surface area contributed by atoms with Crippen molar-refractivity contribution in [3.63, 3.8) is 0 Å². The maximum absolute atomic E-state index is 11.7. The van der Waals surface area contributed by atoms with Crippen molar-refractivity contribution in [1.82, 2.24) is 15.1 Å². The second-order valence-electron chi connectivity index (χ2n) is 5.46. The van der Waals surface area contributed by atoms with Gasteiger partial charge in [0, 0.05) is 39.3 Å². The van der Waals surface area contributed by atoms with E-state index < -0.39 is 0 Å². The summed E-state index contributed by atoms with van der Waals surface area (Å²) in [5.74, 6) is 0.139. The van der Waals surface area contributed by atoms with E-state index in [1.165, 1.54) is 13.1 Å². The highest BCUT2D eigenvalue weighted by atomic mass is 16.5. The van der Waals surface area contributed by atoms with Crippen molar-refractivity contribution in [2.75, 3.05) is 59.0 Å². The number of esters is 1. The molecule has 0 amide bonds. The number of rotatable bonds is 5. The van der Waals surface area contributed by atoms with E-state index in [2.05, 4.69) is 15.1 Å². The van der Waals surface area contributed by atoms with Crippen molar-refractivity contribution in [3.05, 3.63) is 0 Å². The number of piperidine rings is 1. The average Bonchev–Trinajstić information content (AvgIpc) is 2.47. The maximum Gasteiger partial charge on any atom is 0.309 e. The molecule has 2 fully saturated rings. The largest absolute Gasteiger partial charge is 0.466 e. The summed E-state index contributed by atoms with van der Waals surface area (Å²) < 4.78 is 5.10. The zero-order valence-corrected chi connectivity index (χ0v) is 12.1. The van der Waals surface area contributed by atoms with Crippen molar-refractivity contribution < 1.29 is 9.53 Å². The summed E-state index contributed by atoms with van der Waals surface area (Å²) in [4.78, 5) is 16.7. The van der Waals surface area contributed by atoms with Crippen LogP contribution in [0.25, 0.3) is 0 Å². The highest BCUT2D eigenvalue weighted by Crippen LogP contribution is 2.18. The minimum absolute atomic E-state index is 0.00394. The first-order valence-electron chi connectivity index (χ1n) is 7.61. The monoisotopic (exact) mass is 269 g/mol. The fourth-order valence-electron chi connectivity index (χ4n) is 2.87. The SMILES string of the molecule is CCOC(=O)C1CCN(CCN2CCNCC2)CC1. The fourth-order valence-corrected chi connectivity index (χ4v) is 2.87. The molecule has 0 aromatic rings. The van der Waals surface area contributed by atoms with Gasteiger partial charge in [0.25, 0.3) is 0 Å². The Hall–Kier alpha value is -0.650. The van der Waals surface area contributed by atoms with Crippen molar-refractivity contribution in [1.29, 1.82) is 0 Å². The summed E-state index contributed by atoms with van der Waals surface area (Å²) in [6.45, 7) is 11.3. The molecule has 2 aliphatic heterocycles. The van der Waals surface area contributed by atoms with Crippen LogP contribution in [-0.2, 0) is 9.53 Å². The molecule has 0 atom stereocenters. The second-order valence-corrected chi connectivity index (χ2v) is 5.46. The van der Waals surface area contributed by atoms with Crippen LogP contribution in [0, 0.1) is 5.92 Å². The van der Waals surface area contributed by atoms with Gasteiger partial charge in [-0.15, -0.1) is 0 Å². The molecule has 0 spiro atoms. The number of ether oxygens (including phenoxy) is 1. The Labute approximate surface area is 116 Å². The summed E-state index contributed by atoms with van der Waals surface area (Å²) >= 11 is 0. The quantitative estimate of drug-likeness (QED) is 0.721. The number of carbonyl (C=O) groups is 1. The van der Waals surface area contributed by atoms with Crippen LogP contribution in [0.2, 0.25) is 0 Å². The molecule has 0 aromatic carbocycles. The van der Waals surface area contributed by atoms with E-state index in [1.54, 1.807) is 0 Å². The standard InChI is InChI=1S/C14H27N3O2/c1-2-19-14(18)13-3-7-16(8-4-13)11-12-17-9-5-15-6-10-17/h13,15H,2-12H2,1H3.